The van der Waals surface area contributed by atoms with Crippen LogP contribution >= 0.6 is 0 Å². The molecule has 6 heteroatoms. The van der Waals surface area contributed by atoms with Gasteiger partial charge in [-0.2, -0.15) is 5.10 Å². The highest BCUT2D eigenvalue weighted by molar-refractivity contribution is 5.94. The van der Waals surface area contributed by atoms with Crippen LogP contribution in [0.3, 0.4) is 0 Å². The standard InChI is InChI=1S/C15H14FN3O2/c16-12-4-2-1-3-11(12)15(21)17-10-5-6-13-9(7-10)8-14(20)19-18-13/h1-4,8,10H,5-7H2,(H,17,21)(H,19,20). The van der Waals surface area contributed by atoms with Gasteiger partial charge in [0.15, 0.2) is 0 Å². The molecule has 5 nitrogen and oxygen atoms in total. The summed E-state index contributed by atoms with van der Waals surface area (Å²) >= 11 is 0. The van der Waals surface area contributed by atoms with Crippen LogP contribution in [0.4, 0.5) is 4.39 Å². The minimum absolute atomic E-state index is 0.0346. The van der Waals surface area contributed by atoms with Crippen molar-refractivity contribution in [1.82, 2.24) is 15.5 Å². The molecule has 2 aromatic rings. The van der Waals surface area contributed by atoms with Gasteiger partial charge in [-0.25, -0.2) is 9.49 Å². The summed E-state index contributed by atoms with van der Waals surface area (Å²) in [5, 5.41) is 9.22. The molecule has 1 aromatic heterocycles. The van der Waals surface area contributed by atoms with E-state index in [1.807, 2.05) is 0 Å². The highest BCUT2D eigenvalue weighted by Crippen LogP contribution is 2.18. The summed E-state index contributed by atoms with van der Waals surface area (Å²) in [6, 6.07) is 7.26. The quantitative estimate of drug-likeness (QED) is 0.871. The Bertz CT molecular complexity index is 742. The van der Waals surface area contributed by atoms with Gasteiger partial charge in [-0.3, -0.25) is 9.59 Å². The van der Waals surface area contributed by atoms with E-state index in [2.05, 4.69) is 15.5 Å². The zero-order chi connectivity index (χ0) is 14.8. The molecule has 0 saturated carbocycles. The lowest BCUT2D eigenvalue weighted by atomic mass is 9.92. The van der Waals surface area contributed by atoms with Gasteiger partial charge >= 0.3 is 0 Å². The highest BCUT2D eigenvalue weighted by Gasteiger charge is 2.22. The van der Waals surface area contributed by atoms with E-state index in [0.29, 0.717) is 19.3 Å². The number of nitrogens with one attached hydrogen (secondary N) is 2. The number of nitrogens with zero attached hydrogens (tertiary/aromatic N) is 1. The van der Waals surface area contributed by atoms with Gasteiger partial charge in [0.25, 0.3) is 11.5 Å². The number of benzene rings is 1. The Morgan fingerprint density at radius 1 is 1.38 bits per heavy atom. The van der Waals surface area contributed by atoms with Crippen LogP contribution < -0.4 is 10.9 Å². The number of carbonyl (C=O) groups excluding carboxylic acids is 1. The molecule has 108 valence electrons. The summed E-state index contributed by atoms with van der Waals surface area (Å²) in [5.41, 5.74) is 1.47. The van der Waals surface area contributed by atoms with Gasteiger partial charge in [-0.05, 0) is 37.0 Å². The molecule has 2 N–H and O–H groups in total. The number of aromatic amines is 1. The lowest BCUT2D eigenvalue weighted by Gasteiger charge is -2.24. The third-order valence-corrected chi connectivity index (χ3v) is 3.63. The molecule has 1 atom stereocenters. The van der Waals surface area contributed by atoms with Gasteiger partial charge in [0.2, 0.25) is 0 Å². The number of fused-ring (bicyclic) bond motifs is 1. The van der Waals surface area contributed by atoms with Gasteiger partial charge in [0.1, 0.15) is 5.82 Å². The van der Waals surface area contributed by atoms with Crippen molar-refractivity contribution in [3.05, 3.63) is 63.3 Å². The molecule has 0 spiro atoms. The second-order valence-corrected chi connectivity index (χ2v) is 5.10. The van der Waals surface area contributed by atoms with Crippen molar-refractivity contribution >= 4 is 5.91 Å². The fourth-order valence-electron chi connectivity index (χ4n) is 2.57. The van der Waals surface area contributed by atoms with Crippen molar-refractivity contribution in [3.8, 4) is 0 Å². The van der Waals surface area contributed by atoms with Crippen LogP contribution in [0, 0.1) is 5.82 Å². The van der Waals surface area contributed by atoms with E-state index in [1.54, 1.807) is 12.1 Å². The van der Waals surface area contributed by atoms with Crippen molar-refractivity contribution in [2.24, 2.45) is 0 Å². The fourth-order valence-corrected chi connectivity index (χ4v) is 2.57. The molecular weight excluding hydrogens is 273 g/mol. The summed E-state index contributed by atoms with van der Waals surface area (Å²) in [4.78, 5) is 23.4. The van der Waals surface area contributed by atoms with E-state index in [-0.39, 0.29) is 17.2 Å². The number of hydrogen-bond donors (Lipinski definition) is 2. The van der Waals surface area contributed by atoms with E-state index in [4.69, 9.17) is 0 Å². The van der Waals surface area contributed by atoms with Crippen LogP contribution in [0.15, 0.2) is 35.1 Å². The topological polar surface area (TPSA) is 74.8 Å². The molecule has 3 rings (SSSR count). The number of amides is 1. The molecule has 0 aliphatic heterocycles. The molecule has 0 bridgehead atoms. The van der Waals surface area contributed by atoms with Crippen LogP contribution in [0.2, 0.25) is 0 Å². The second-order valence-electron chi connectivity index (χ2n) is 5.10. The van der Waals surface area contributed by atoms with Crippen LogP contribution in [-0.4, -0.2) is 22.1 Å². The highest BCUT2D eigenvalue weighted by atomic mass is 19.1. The Hall–Kier alpha value is -2.50. The minimum Gasteiger partial charge on any atom is -0.349 e. The predicted octanol–water partition coefficient (Wildman–Crippen LogP) is 1.20. The zero-order valence-electron chi connectivity index (χ0n) is 11.2. The lowest BCUT2D eigenvalue weighted by Crippen LogP contribution is -2.39. The Morgan fingerprint density at radius 3 is 3.00 bits per heavy atom. The first-order chi connectivity index (χ1) is 10.1. The Labute approximate surface area is 120 Å². The third-order valence-electron chi connectivity index (χ3n) is 3.63. The average Bonchev–Trinajstić information content (AvgIpc) is 2.47. The molecule has 0 radical (unpaired) electrons. The molecular formula is C15H14FN3O2. The summed E-state index contributed by atoms with van der Waals surface area (Å²) < 4.78 is 13.6. The summed E-state index contributed by atoms with van der Waals surface area (Å²) in [6.07, 6.45) is 1.92. The molecule has 0 fully saturated rings. The normalized spacial score (nSPS) is 17.1. The maximum atomic E-state index is 13.6. The van der Waals surface area contributed by atoms with Crippen LogP contribution in [0.25, 0.3) is 0 Å². The average molecular weight is 287 g/mol. The second kappa shape index (κ2) is 5.47. The number of aryl methyl sites for hydroxylation is 1. The Morgan fingerprint density at radius 2 is 2.19 bits per heavy atom. The van der Waals surface area contributed by atoms with Gasteiger partial charge < -0.3 is 5.32 Å². The predicted molar refractivity (Wildman–Crippen MR) is 74.5 cm³/mol. The molecule has 21 heavy (non-hydrogen) atoms. The first kappa shape index (κ1) is 13.5. The number of aromatic nitrogens is 2. The van der Waals surface area contributed by atoms with Crippen molar-refractivity contribution in [3.63, 3.8) is 0 Å². The molecule has 0 saturated heterocycles. The number of H-pyrrole nitrogens is 1. The van der Waals surface area contributed by atoms with E-state index in [1.165, 1.54) is 18.2 Å². The van der Waals surface area contributed by atoms with Crippen molar-refractivity contribution < 1.29 is 9.18 Å². The van der Waals surface area contributed by atoms with E-state index in [0.717, 1.165) is 11.3 Å². The van der Waals surface area contributed by atoms with Crippen molar-refractivity contribution in [2.75, 3.05) is 0 Å². The zero-order valence-corrected chi connectivity index (χ0v) is 11.2. The summed E-state index contributed by atoms with van der Waals surface area (Å²) in [5.74, 6) is -0.969. The van der Waals surface area contributed by atoms with Gasteiger partial charge in [0, 0.05) is 12.1 Å². The maximum Gasteiger partial charge on any atom is 0.264 e. The van der Waals surface area contributed by atoms with Crippen molar-refractivity contribution in [2.45, 2.75) is 25.3 Å². The van der Waals surface area contributed by atoms with Gasteiger partial charge in [0.05, 0.1) is 11.3 Å². The lowest BCUT2D eigenvalue weighted by molar-refractivity contribution is 0.0929. The molecule has 1 heterocycles. The summed E-state index contributed by atoms with van der Waals surface area (Å²) in [6.45, 7) is 0. The number of halogens is 1. The van der Waals surface area contributed by atoms with Crippen LogP contribution in [0.5, 0.6) is 0 Å². The Kier molecular flexibility index (Phi) is 3.51. The van der Waals surface area contributed by atoms with Gasteiger partial charge in [-0.15, -0.1) is 0 Å². The minimum atomic E-state index is -0.538. The monoisotopic (exact) mass is 287 g/mol. The summed E-state index contributed by atoms with van der Waals surface area (Å²) in [7, 11) is 0. The van der Waals surface area contributed by atoms with E-state index >= 15 is 0 Å². The number of carbonyl (C=O) groups is 1. The molecule has 1 amide bonds. The first-order valence-corrected chi connectivity index (χ1v) is 6.76. The maximum absolute atomic E-state index is 13.6. The smallest absolute Gasteiger partial charge is 0.264 e. The molecule has 1 aromatic carbocycles. The van der Waals surface area contributed by atoms with E-state index < -0.39 is 11.7 Å². The van der Waals surface area contributed by atoms with Crippen molar-refractivity contribution in [1.29, 1.82) is 0 Å². The number of hydrogen-bond acceptors (Lipinski definition) is 3. The first-order valence-electron chi connectivity index (χ1n) is 6.76. The molecule has 1 aliphatic rings. The van der Waals surface area contributed by atoms with E-state index in [9.17, 15) is 14.0 Å². The fraction of sp³-hybridized carbons (Fsp3) is 0.267. The van der Waals surface area contributed by atoms with Crippen LogP contribution in [0.1, 0.15) is 28.0 Å². The van der Waals surface area contributed by atoms with Crippen LogP contribution in [-0.2, 0) is 12.8 Å². The Balaban J connectivity index is 1.74. The largest absolute Gasteiger partial charge is 0.349 e. The molecule has 1 unspecified atom stereocenters. The SMILES string of the molecule is O=C(NC1CCc2n[nH]c(=O)cc2C1)c1ccccc1F. The third kappa shape index (κ3) is 2.84. The molecule has 1 aliphatic carbocycles. The number of rotatable bonds is 2. The van der Waals surface area contributed by atoms with Gasteiger partial charge in [-0.1, -0.05) is 12.1 Å².